The zero-order valence-electron chi connectivity index (χ0n) is 13.6. The molecule has 122 valence electrons. The summed E-state index contributed by atoms with van der Waals surface area (Å²) >= 11 is 0. The molecule has 0 aromatic carbocycles. The number of urea groups is 1. The van der Waals surface area contributed by atoms with Crippen LogP contribution in [0.1, 0.15) is 65.7 Å². The molecule has 5 heteroatoms. The van der Waals surface area contributed by atoms with E-state index in [9.17, 15) is 14.7 Å². The second-order valence-corrected chi connectivity index (χ2v) is 6.26. The van der Waals surface area contributed by atoms with Crippen LogP contribution in [0.25, 0.3) is 0 Å². The van der Waals surface area contributed by atoms with Crippen molar-refractivity contribution in [3.63, 3.8) is 0 Å². The lowest BCUT2D eigenvalue weighted by Gasteiger charge is -2.37. The molecule has 1 rings (SSSR count). The van der Waals surface area contributed by atoms with Gasteiger partial charge in [0.15, 0.2) is 0 Å². The minimum absolute atomic E-state index is 0.348. The number of aliphatic carboxylic acids is 1. The molecule has 0 spiro atoms. The van der Waals surface area contributed by atoms with Gasteiger partial charge in [-0.15, -0.1) is 0 Å². The Morgan fingerprint density at radius 3 is 2.19 bits per heavy atom. The lowest BCUT2D eigenvalue weighted by atomic mass is 9.75. The number of carboxylic acids is 1. The summed E-state index contributed by atoms with van der Waals surface area (Å²) in [4.78, 5) is 23.6. The van der Waals surface area contributed by atoms with Gasteiger partial charge in [0.25, 0.3) is 0 Å². The fourth-order valence-corrected chi connectivity index (χ4v) is 3.05. The van der Waals surface area contributed by atoms with Crippen LogP contribution in [0.3, 0.4) is 0 Å². The van der Waals surface area contributed by atoms with E-state index in [2.05, 4.69) is 31.4 Å². The summed E-state index contributed by atoms with van der Waals surface area (Å²) in [6.45, 7) is 6.93. The molecule has 0 aromatic rings. The molecule has 0 aliphatic heterocycles. The Hall–Kier alpha value is -1.26. The van der Waals surface area contributed by atoms with Crippen molar-refractivity contribution in [2.24, 2.45) is 11.8 Å². The van der Waals surface area contributed by atoms with Gasteiger partial charge >= 0.3 is 12.0 Å². The van der Waals surface area contributed by atoms with Crippen molar-refractivity contribution in [2.75, 3.05) is 6.54 Å². The molecule has 21 heavy (non-hydrogen) atoms. The zero-order valence-corrected chi connectivity index (χ0v) is 13.6. The van der Waals surface area contributed by atoms with Gasteiger partial charge in [-0.2, -0.15) is 0 Å². The van der Waals surface area contributed by atoms with Gasteiger partial charge < -0.3 is 15.7 Å². The summed E-state index contributed by atoms with van der Waals surface area (Å²) < 4.78 is 0. The molecular weight excluding hydrogens is 268 g/mol. The van der Waals surface area contributed by atoms with Crippen molar-refractivity contribution in [3.05, 3.63) is 0 Å². The van der Waals surface area contributed by atoms with Crippen LogP contribution in [-0.2, 0) is 4.79 Å². The van der Waals surface area contributed by atoms with Crippen LogP contribution in [0.2, 0.25) is 0 Å². The molecule has 0 unspecified atom stereocenters. The van der Waals surface area contributed by atoms with Gasteiger partial charge in [0.1, 0.15) is 5.54 Å². The quantitative estimate of drug-likeness (QED) is 0.675. The van der Waals surface area contributed by atoms with Crippen molar-refractivity contribution in [1.82, 2.24) is 10.6 Å². The van der Waals surface area contributed by atoms with Gasteiger partial charge in [-0.1, -0.05) is 40.0 Å². The summed E-state index contributed by atoms with van der Waals surface area (Å²) in [5.74, 6) is 0.133. The van der Waals surface area contributed by atoms with E-state index in [0.29, 0.717) is 31.2 Å². The first-order chi connectivity index (χ1) is 9.97. The van der Waals surface area contributed by atoms with E-state index < -0.39 is 11.5 Å². The molecule has 0 atom stereocenters. The van der Waals surface area contributed by atoms with Gasteiger partial charge in [-0.25, -0.2) is 9.59 Å². The standard InChI is InChI=1S/C16H30N2O3/c1-4-12(5-2)11-17-15(21)18-16(14(19)20)9-7-13(6-3)8-10-16/h12-13H,4-11H2,1-3H3,(H,19,20)(H2,17,18,21). The van der Waals surface area contributed by atoms with Crippen LogP contribution in [0.4, 0.5) is 4.79 Å². The molecule has 2 amide bonds. The highest BCUT2D eigenvalue weighted by atomic mass is 16.4. The monoisotopic (exact) mass is 298 g/mol. The van der Waals surface area contributed by atoms with E-state index in [-0.39, 0.29) is 6.03 Å². The molecule has 3 N–H and O–H groups in total. The van der Waals surface area contributed by atoms with Crippen molar-refractivity contribution >= 4 is 12.0 Å². The minimum Gasteiger partial charge on any atom is -0.480 e. The van der Waals surface area contributed by atoms with Crippen LogP contribution in [0.5, 0.6) is 0 Å². The van der Waals surface area contributed by atoms with E-state index in [1.165, 1.54) is 0 Å². The maximum absolute atomic E-state index is 12.0. The summed E-state index contributed by atoms with van der Waals surface area (Å²) in [5, 5.41) is 15.1. The van der Waals surface area contributed by atoms with Crippen LogP contribution in [0.15, 0.2) is 0 Å². The van der Waals surface area contributed by atoms with E-state index in [1.807, 2.05) is 0 Å². The van der Waals surface area contributed by atoms with Crippen molar-refractivity contribution < 1.29 is 14.7 Å². The van der Waals surface area contributed by atoms with Crippen molar-refractivity contribution in [3.8, 4) is 0 Å². The average Bonchev–Trinajstić information content (AvgIpc) is 2.48. The fraction of sp³-hybridized carbons (Fsp3) is 0.875. The number of carboxylic acid groups (broad SMARTS) is 1. The third-order valence-electron chi connectivity index (χ3n) is 5.00. The largest absolute Gasteiger partial charge is 0.480 e. The number of carbonyl (C=O) groups is 2. The number of hydrogen-bond donors (Lipinski definition) is 3. The highest BCUT2D eigenvalue weighted by Crippen LogP contribution is 2.33. The molecule has 5 nitrogen and oxygen atoms in total. The van der Waals surface area contributed by atoms with Gasteiger partial charge in [0.2, 0.25) is 0 Å². The minimum atomic E-state index is -1.08. The molecule has 1 fully saturated rings. The highest BCUT2D eigenvalue weighted by molar-refractivity contribution is 5.86. The predicted octanol–water partition coefficient (Wildman–Crippen LogP) is 3.15. The third-order valence-corrected chi connectivity index (χ3v) is 5.00. The van der Waals surface area contributed by atoms with Crippen LogP contribution >= 0.6 is 0 Å². The number of amides is 2. The van der Waals surface area contributed by atoms with Gasteiger partial charge in [0, 0.05) is 6.54 Å². The fourth-order valence-electron chi connectivity index (χ4n) is 3.05. The van der Waals surface area contributed by atoms with Gasteiger partial charge in [0.05, 0.1) is 0 Å². The van der Waals surface area contributed by atoms with Crippen LogP contribution in [0, 0.1) is 11.8 Å². The number of carbonyl (C=O) groups excluding carboxylic acids is 1. The number of rotatable bonds is 7. The average molecular weight is 298 g/mol. The topological polar surface area (TPSA) is 78.4 Å². The Bertz CT molecular complexity index is 345. The first kappa shape index (κ1) is 17.8. The van der Waals surface area contributed by atoms with Crippen LogP contribution < -0.4 is 10.6 Å². The van der Waals surface area contributed by atoms with E-state index in [4.69, 9.17) is 0 Å². The molecule has 0 bridgehead atoms. The second kappa shape index (κ2) is 8.25. The Morgan fingerprint density at radius 2 is 1.76 bits per heavy atom. The smallest absolute Gasteiger partial charge is 0.329 e. The third kappa shape index (κ3) is 4.90. The Morgan fingerprint density at radius 1 is 1.19 bits per heavy atom. The van der Waals surface area contributed by atoms with E-state index in [1.54, 1.807) is 0 Å². The number of nitrogens with one attached hydrogen (secondary N) is 2. The Labute approximate surface area is 127 Å². The van der Waals surface area contributed by atoms with E-state index in [0.717, 1.165) is 32.1 Å². The van der Waals surface area contributed by atoms with Gasteiger partial charge in [-0.05, 0) is 37.5 Å². The molecule has 1 aliphatic rings. The normalized spacial score (nSPS) is 25.6. The second-order valence-electron chi connectivity index (χ2n) is 6.26. The zero-order chi connectivity index (χ0) is 15.9. The highest BCUT2D eigenvalue weighted by Gasteiger charge is 2.42. The summed E-state index contributed by atoms with van der Waals surface area (Å²) in [6.07, 6.45) is 5.90. The maximum Gasteiger partial charge on any atom is 0.329 e. The maximum atomic E-state index is 12.0. The summed E-state index contributed by atoms with van der Waals surface area (Å²) in [6, 6.07) is -0.348. The molecular formula is C16H30N2O3. The predicted molar refractivity (Wildman–Crippen MR) is 83.2 cm³/mol. The molecule has 1 aliphatic carbocycles. The molecule has 0 heterocycles. The SMILES string of the molecule is CCC1CCC(NC(=O)NCC(CC)CC)(C(=O)O)CC1. The van der Waals surface area contributed by atoms with E-state index >= 15 is 0 Å². The lowest BCUT2D eigenvalue weighted by Crippen LogP contribution is -2.59. The Balaban J connectivity index is 2.55. The summed E-state index contributed by atoms with van der Waals surface area (Å²) in [7, 11) is 0. The van der Waals surface area contributed by atoms with Crippen molar-refractivity contribution in [2.45, 2.75) is 71.3 Å². The molecule has 0 radical (unpaired) electrons. The molecule has 1 saturated carbocycles. The van der Waals surface area contributed by atoms with Gasteiger partial charge in [-0.3, -0.25) is 0 Å². The molecule has 0 aromatic heterocycles. The first-order valence-corrected chi connectivity index (χ1v) is 8.26. The first-order valence-electron chi connectivity index (χ1n) is 8.26. The lowest BCUT2D eigenvalue weighted by molar-refractivity contribution is -0.146. The Kier molecular flexibility index (Phi) is 6.99. The summed E-state index contributed by atoms with van der Waals surface area (Å²) in [5.41, 5.74) is -1.08. The number of hydrogen-bond acceptors (Lipinski definition) is 2. The van der Waals surface area contributed by atoms with Crippen LogP contribution in [-0.4, -0.2) is 29.2 Å². The molecule has 0 saturated heterocycles. The van der Waals surface area contributed by atoms with Crippen molar-refractivity contribution in [1.29, 1.82) is 0 Å².